The molecule has 0 bridgehead atoms. The highest BCUT2D eigenvalue weighted by atomic mass is 19.3. The summed E-state index contributed by atoms with van der Waals surface area (Å²) in [6.45, 7) is 1.57. The van der Waals surface area contributed by atoms with E-state index in [4.69, 9.17) is 11.0 Å². The Morgan fingerprint density at radius 1 is 1.71 bits per heavy atom. The summed E-state index contributed by atoms with van der Waals surface area (Å²) >= 11 is 0. The molecule has 0 fully saturated rings. The Labute approximate surface area is 95.8 Å². The number of rotatable bonds is 3. The average Bonchev–Trinajstić information content (AvgIpc) is 2.28. The van der Waals surface area contributed by atoms with Gasteiger partial charge in [-0.15, -0.1) is 0 Å². The quantitative estimate of drug-likeness (QED) is 0.812. The van der Waals surface area contributed by atoms with Gasteiger partial charge in [0.1, 0.15) is 17.6 Å². The van der Waals surface area contributed by atoms with E-state index in [0.29, 0.717) is 0 Å². The molecule has 2 N–H and O–H groups in total. The lowest BCUT2D eigenvalue weighted by molar-refractivity contribution is 0.0513. The molecule has 1 heterocycles. The van der Waals surface area contributed by atoms with Crippen molar-refractivity contribution in [2.45, 2.75) is 13.3 Å². The number of pyridine rings is 1. The Balaban J connectivity index is 3.35. The van der Waals surface area contributed by atoms with E-state index < -0.39 is 23.7 Å². The lowest BCUT2D eigenvalue weighted by atomic mass is 10.1. The van der Waals surface area contributed by atoms with Crippen LogP contribution in [0.3, 0.4) is 0 Å². The monoisotopic (exact) mass is 241 g/mol. The van der Waals surface area contributed by atoms with Gasteiger partial charge in [0.2, 0.25) is 0 Å². The van der Waals surface area contributed by atoms with Crippen LogP contribution in [0, 0.1) is 11.3 Å². The van der Waals surface area contributed by atoms with E-state index in [1.165, 1.54) is 6.92 Å². The van der Waals surface area contributed by atoms with Crippen LogP contribution in [0.1, 0.15) is 35.0 Å². The van der Waals surface area contributed by atoms with Gasteiger partial charge in [-0.05, 0) is 13.0 Å². The fourth-order valence-electron chi connectivity index (χ4n) is 1.17. The number of carbonyl (C=O) groups excluding carboxylic acids is 1. The van der Waals surface area contributed by atoms with Crippen molar-refractivity contribution in [2.24, 2.45) is 0 Å². The third-order valence-electron chi connectivity index (χ3n) is 1.90. The number of carbonyl (C=O) groups is 1. The Hall–Kier alpha value is -2.23. The Kier molecular flexibility index (Phi) is 3.93. The number of halogens is 2. The lowest BCUT2D eigenvalue weighted by Crippen LogP contribution is -2.12. The van der Waals surface area contributed by atoms with Crippen molar-refractivity contribution in [1.82, 2.24) is 4.98 Å². The highest BCUT2D eigenvalue weighted by molar-refractivity contribution is 5.91. The van der Waals surface area contributed by atoms with E-state index in [1.54, 1.807) is 6.07 Å². The molecule has 90 valence electrons. The van der Waals surface area contributed by atoms with E-state index in [-0.39, 0.29) is 18.0 Å². The van der Waals surface area contributed by atoms with Crippen molar-refractivity contribution in [3.05, 3.63) is 22.9 Å². The number of hydrogen-bond acceptors (Lipinski definition) is 5. The molecule has 1 aromatic rings. The first-order valence-electron chi connectivity index (χ1n) is 4.67. The molecule has 7 heteroatoms. The van der Waals surface area contributed by atoms with Gasteiger partial charge in [-0.25, -0.2) is 18.6 Å². The van der Waals surface area contributed by atoms with Gasteiger partial charge in [0.05, 0.1) is 17.7 Å². The maximum Gasteiger partial charge on any atom is 0.340 e. The van der Waals surface area contributed by atoms with E-state index in [9.17, 15) is 13.6 Å². The maximum atomic E-state index is 12.6. The van der Waals surface area contributed by atoms with Crippen LogP contribution in [0.4, 0.5) is 14.6 Å². The van der Waals surface area contributed by atoms with Crippen molar-refractivity contribution >= 4 is 11.8 Å². The van der Waals surface area contributed by atoms with Gasteiger partial charge in [-0.3, -0.25) is 0 Å². The van der Waals surface area contributed by atoms with Crippen LogP contribution in [-0.4, -0.2) is 17.6 Å². The zero-order valence-corrected chi connectivity index (χ0v) is 8.91. The Morgan fingerprint density at radius 3 is 2.82 bits per heavy atom. The van der Waals surface area contributed by atoms with Crippen LogP contribution in [-0.2, 0) is 4.74 Å². The van der Waals surface area contributed by atoms with Gasteiger partial charge >= 0.3 is 5.97 Å². The minimum absolute atomic E-state index is 0.0355. The van der Waals surface area contributed by atoms with Crippen molar-refractivity contribution < 1.29 is 18.3 Å². The second-order valence-electron chi connectivity index (χ2n) is 2.99. The molecule has 0 radical (unpaired) electrons. The minimum atomic E-state index is -2.97. The van der Waals surface area contributed by atoms with Crippen molar-refractivity contribution in [1.29, 1.82) is 5.26 Å². The van der Waals surface area contributed by atoms with Crippen molar-refractivity contribution in [3.8, 4) is 6.07 Å². The summed E-state index contributed by atoms with van der Waals surface area (Å²) < 4.78 is 29.9. The number of anilines is 1. The maximum absolute atomic E-state index is 12.6. The number of ether oxygens (including phenoxy) is 1. The topological polar surface area (TPSA) is 89.0 Å². The van der Waals surface area contributed by atoms with Crippen LogP contribution in [0.2, 0.25) is 0 Å². The average molecular weight is 241 g/mol. The van der Waals surface area contributed by atoms with Crippen LogP contribution in [0.15, 0.2) is 6.07 Å². The van der Waals surface area contributed by atoms with Crippen LogP contribution in [0.5, 0.6) is 0 Å². The largest absolute Gasteiger partial charge is 0.462 e. The molecule has 0 aliphatic heterocycles. The van der Waals surface area contributed by atoms with E-state index >= 15 is 0 Å². The fraction of sp³-hybridized carbons (Fsp3) is 0.300. The summed E-state index contributed by atoms with van der Waals surface area (Å²) in [4.78, 5) is 14.8. The summed E-state index contributed by atoms with van der Waals surface area (Å²) in [6.07, 6.45) is -2.97. The molecule has 0 amide bonds. The number of nitriles is 1. The van der Waals surface area contributed by atoms with E-state index in [2.05, 4.69) is 9.72 Å². The highest BCUT2D eigenvalue weighted by Crippen LogP contribution is 2.24. The predicted octanol–water partition coefficient (Wildman–Crippen LogP) is 1.65. The summed E-state index contributed by atoms with van der Waals surface area (Å²) in [5.41, 5.74) is 3.94. The molecule has 1 aromatic heterocycles. The van der Waals surface area contributed by atoms with Crippen LogP contribution >= 0.6 is 0 Å². The molecule has 0 aliphatic rings. The SMILES string of the molecule is CCOC(=O)c1cc(C#N)c(N)nc1C(F)F. The van der Waals surface area contributed by atoms with Crippen molar-refractivity contribution in [2.75, 3.05) is 12.3 Å². The van der Waals surface area contributed by atoms with Gasteiger partial charge in [-0.2, -0.15) is 5.26 Å². The Morgan fingerprint density at radius 2 is 2.35 bits per heavy atom. The predicted molar refractivity (Wildman–Crippen MR) is 54.3 cm³/mol. The summed E-state index contributed by atoms with van der Waals surface area (Å²) in [6, 6.07) is 2.62. The zero-order valence-electron chi connectivity index (χ0n) is 8.91. The van der Waals surface area contributed by atoms with Gasteiger partial charge in [-0.1, -0.05) is 0 Å². The first kappa shape index (κ1) is 12.8. The second-order valence-corrected chi connectivity index (χ2v) is 2.99. The molecule has 0 saturated carbocycles. The number of hydrogen-bond donors (Lipinski definition) is 1. The fourth-order valence-corrected chi connectivity index (χ4v) is 1.17. The standard InChI is InChI=1S/C10H9F2N3O2/c1-2-17-10(16)6-3-5(4-13)9(14)15-7(6)8(11)12/h3,8H,2H2,1H3,(H2,14,15). The molecule has 0 aliphatic carbocycles. The molecular weight excluding hydrogens is 232 g/mol. The highest BCUT2D eigenvalue weighted by Gasteiger charge is 2.23. The van der Waals surface area contributed by atoms with Gasteiger partial charge in [0, 0.05) is 0 Å². The molecule has 1 rings (SSSR count). The molecule has 0 spiro atoms. The molecule has 0 saturated heterocycles. The molecule has 0 unspecified atom stereocenters. The van der Waals surface area contributed by atoms with Crippen LogP contribution in [0.25, 0.3) is 0 Å². The lowest BCUT2D eigenvalue weighted by Gasteiger charge is -2.09. The van der Waals surface area contributed by atoms with E-state index in [0.717, 1.165) is 6.07 Å². The second kappa shape index (κ2) is 5.21. The molecule has 0 atom stereocenters. The molecule has 17 heavy (non-hydrogen) atoms. The number of nitrogen functional groups attached to an aromatic ring is 1. The number of aromatic nitrogens is 1. The first-order chi connectivity index (χ1) is 8.01. The van der Waals surface area contributed by atoms with Crippen LogP contribution < -0.4 is 5.73 Å². The minimum Gasteiger partial charge on any atom is -0.462 e. The number of nitrogens with zero attached hydrogens (tertiary/aromatic N) is 2. The smallest absolute Gasteiger partial charge is 0.340 e. The third kappa shape index (κ3) is 2.66. The molecule has 5 nitrogen and oxygen atoms in total. The van der Waals surface area contributed by atoms with Gasteiger partial charge < -0.3 is 10.5 Å². The third-order valence-corrected chi connectivity index (χ3v) is 1.90. The Bertz CT molecular complexity index is 483. The van der Waals surface area contributed by atoms with Gasteiger partial charge in [0.25, 0.3) is 6.43 Å². The summed E-state index contributed by atoms with van der Waals surface area (Å²) in [5.74, 6) is -1.29. The zero-order chi connectivity index (χ0) is 13.0. The molecule has 0 aromatic carbocycles. The summed E-state index contributed by atoms with van der Waals surface area (Å²) in [7, 11) is 0. The van der Waals surface area contributed by atoms with Crippen molar-refractivity contribution in [3.63, 3.8) is 0 Å². The number of esters is 1. The first-order valence-corrected chi connectivity index (χ1v) is 4.67. The number of nitrogens with two attached hydrogens (primary N) is 1. The van der Waals surface area contributed by atoms with E-state index in [1.807, 2.05) is 0 Å². The van der Waals surface area contributed by atoms with Gasteiger partial charge in [0.15, 0.2) is 0 Å². The summed E-state index contributed by atoms with van der Waals surface area (Å²) in [5, 5.41) is 8.67. The molecular formula is C10H9F2N3O2. The normalized spacial score (nSPS) is 10.1. The number of alkyl halides is 2.